The average Bonchev–Trinajstić information content (AvgIpc) is 2.53. The molecule has 1 aromatic rings. The first-order chi connectivity index (χ1) is 10.2. The maximum absolute atomic E-state index is 12.2. The van der Waals surface area contributed by atoms with Gasteiger partial charge in [-0.15, -0.1) is 11.8 Å². The third-order valence-corrected chi connectivity index (χ3v) is 4.26. The largest absolute Gasteiger partial charge is 0.467 e. The van der Waals surface area contributed by atoms with Gasteiger partial charge in [0.15, 0.2) is 6.04 Å². The zero-order valence-electron chi connectivity index (χ0n) is 11.5. The molecule has 7 nitrogen and oxygen atoms in total. The first-order valence-electron chi connectivity index (χ1n) is 6.17. The fraction of sp³-hybridized carbons (Fsp3) is 0.385. The Bertz CT molecular complexity index is 588. The van der Waals surface area contributed by atoms with E-state index in [2.05, 4.69) is 10.0 Å². The van der Waals surface area contributed by atoms with Gasteiger partial charge in [0.05, 0.1) is 12.5 Å². The molecule has 3 atom stereocenters. The van der Waals surface area contributed by atoms with Gasteiger partial charge in [-0.1, -0.05) is 35.4 Å². The van der Waals surface area contributed by atoms with Crippen molar-refractivity contribution in [3.8, 4) is 0 Å². The molecular weight excluding hydrogens is 292 g/mol. The molecule has 8 heteroatoms. The molecule has 0 aromatic heterocycles. The Morgan fingerprint density at radius 2 is 2.14 bits per heavy atom. The number of ether oxygens (including phenoxy) is 1. The van der Waals surface area contributed by atoms with Crippen LogP contribution in [0.5, 0.6) is 0 Å². The SMILES string of the molecule is COC(=O)C(c1ccccc1)N1C(=O)C(N=[N+]=[N-])C1SC. The molecule has 1 fully saturated rings. The van der Waals surface area contributed by atoms with Crippen molar-refractivity contribution in [2.24, 2.45) is 5.11 Å². The van der Waals surface area contributed by atoms with Gasteiger partial charge in [-0.3, -0.25) is 4.79 Å². The fourth-order valence-corrected chi connectivity index (χ4v) is 3.19. The lowest BCUT2D eigenvalue weighted by molar-refractivity contribution is -0.162. The summed E-state index contributed by atoms with van der Waals surface area (Å²) in [5.41, 5.74) is 9.18. The molecule has 1 aliphatic rings. The second kappa shape index (κ2) is 6.51. The quantitative estimate of drug-likeness (QED) is 0.274. The third kappa shape index (κ3) is 2.68. The van der Waals surface area contributed by atoms with E-state index in [1.807, 2.05) is 6.07 Å². The molecule has 3 unspecified atom stereocenters. The van der Waals surface area contributed by atoms with Crippen molar-refractivity contribution >= 4 is 23.6 Å². The van der Waals surface area contributed by atoms with Crippen molar-refractivity contribution in [3.05, 3.63) is 46.3 Å². The molecule has 2 rings (SSSR count). The predicted molar refractivity (Wildman–Crippen MR) is 78.3 cm³/mol. The predicted octanol–water partition coefficient (Wildman–Crippen LogP) is 2.11. The van der Waals surface area contributed by atoms with Crippen molar-refractivity contribution in [2.45, 2.75) is 17.5 Å². The van der Waals surface area contributed by atoms with Crippen LogP contribution >= 0.6 is 11.8 Å². The van der Waals surface area contributed by atoms with Crippen LogP contribution in [0.3, 0.4) is 0 Å². The summed E-state index contributed by atoms with van der Waals surface area (Å²) in [5.74, 6) is -0.889. The van der Waals surface area contributed by atoms with Crippen molar-refractivity contribution in [2.75, 3.05) is 13.4 Å². The Labute approximate surface area is 125 Å². The number of esters is 1. The van der Waals surface area contributed by atoms with Crippen LogP contribution in [-0.4, -0.2) is 41.6 Å². The smallest absolute Gasteiger partial charge is 0.333 e. The van der Waals surface area contributed by atoms with Gasteiger partial charge in [-0.05, 0) is 17.4 Å². The number of benzene rings is 1. The molecule has 1 amide bonds. The van der Waals surface area contributed by atoms with Crippen molar-refractivity contribution < 1.29 is 14.3 Å². The summed E-state index contributed by atoms with van der Waals surface area (Å²) in [6, 6.07) is 7.31. The third-order valence-electron chi connectivity index (χ3n) is 3.29. The van der Waals surface area contributed by atoms with Crippen LogP contribution in [0.4, 0.5) is 0 Å². The molecule has 1 aliphatic heterocycles. The highest BCUT2D eigenvalue weighted by Crippen LogP contribution is 2.39. The first-order valence-corrected chi connectivity index (χ1v) is 7.46. The van der Waals surface area contributed by atoms with Crippen molar-refractivity contribution in [3.63, 3.8) is 0 Å². The van der Waals surface area contributed by atoms with E-state index in [1.165, 1.54) is 23.8 Å². The minimum atomic E-state index is -0.828. The maximum atomic E-state index is 12.2. The highest BCUT2D eigenvalue weighted by atomic mass is 32.2. The van der Waals surface area contributed by atoms with Gasteiger partial charge in [0.2, 0.25) is 5.91 Å². The summed E-state index contributed by atoms with van der Waals surface area (Å²) in [5, 5.41) is 3.11. The fourth-order valence-electron chi connectivity index (χ4n) is 2.31. The summed E-state index contributed by atoms with van der Waals surface area (Å²) in [6.45, 7) is 0. The maximum Gasteiger partial charge on any atom is 0.333 e. The van der Waals surface area contributed by atoms with Crippen LogP contribution in [0.25, 0.3) is 10.4 Å². The molecule has 0 N–H and O–H groups in total. The topological polar surface area (TPSA) is 95.4 Å². The van der Waals surface area contributed by atoms with E-state index in [0.717, 1.165) is 0 Å². The number of rotatable bonds is 5. The molecule has 110 valence electrons. The van der Waals surface area contributed by atoms with Gasteiger partial charge in [-0.25, -0.2) is 4.79 Å². The summed E-state index contributed by atoms with van der Waals surface area (Å²) in [4.78, 5) is 28.4. The average molecular weight is 306 g/mol. The lowest BCUT2D eigenvalue weighted by Gasteiger charge is -2.47. The Balaban J connectivity index is 2.36. The van der Waals surface area contributed by atoms with Crippen molar-refractivity contribution in [1.29, 1.82) is 0 Å². The number of thioether (sulfide) groups is 1. The van der Waals surface area contributed by atoms with E-state index in [-0.39, 0.29) is 11.3 Å². The number of methoxy groups -OCH3 is 1. The lowest BCUT2D eigenvalue weighted by Crippen LogP contribution is -2.64. The van der Waals surface area contributed by atoms with E-state index in [1.54, 1.807) is 30.5 Å². The molecule has 0 saturated carbocycles. The van der Waals surface area contributed by atoms with E-state index >= 15 is 0 Å². The normalized spacial score (nSPS) is 22.0. The Kier molecular flexibility index (Phi) is 4.72. The molecule has 0 spiro atoms. The highest BCUT2D eigenvalue weighted by Gasteiger charge is 2.52. The summed E-state index contributed by atoms with van der Waals surface area (Å²) in [6.07, 6.45) is 1.79. The Morgan fingerprint density at radius 3 is 2.67 bits per heavy atom. The monoisotopic (exact) mass is 306 g/mol. The van der Waals surface area contributed by atoms with Crippen LogP contribution in [0.1, 0.15) is 11.6 Å². The molecular formula is C13H14N4O3S. The minimum Gasteiger partial charge on any atom is -0.467 e. The van der Waals surface area contributed by atoms with Gasteiger partial charge < -0.3 is 9.64 Å². The molecule has 1 aromatic carbocycles. The highest BCUT2D eigenvalue weighted by molar-refractivity contribution is 7.99. The number of nitrogens with zero attached hydrogens (tertiary/aromatic N) is 4. The molecule has 0 bridgehead atoms. The zero-order valence-corrected chi connectivity index (χ0v) is 12.4. The molecule has 0 radical (unpaired) electrons. The molecule has 1 heterocycles. The summed E-state index contributed by atoms with van der Waals surface area (Å²) in [7, 11) is 1.28. The zero-order chi connectivity index (χ0) is 15.4. The second-order valence-electron chi connectivity index (χ2n) is 4.36. The van der Waals surface area contributed by atoms with Crippen LogP contribution in [0.2, 0.25) is 0 Å². The van der Waals surface area contributed by atoms with Gasteiger partial charge in [0.25, 0.3) is 0 Å². The number of azide groups is 1. The number of amides is 1. The van der Waals surface area contributed by atoms with Crippen LogP contribution < -0.4 is 0 Å². The van der Waals surface area contributed by atoms with E-state index in [0.29, 0.717) is 5.56 Å². The van der Waals surface area contributed by atoms with E-state index in [9.17, 15) is 9.59 Å². The van der Waals surface area contributed by atoms with E-state index < -0.39 is 18.1 Å². The first kappa shape index (κ1) is 15.2. The van der Waals surface area contributed by atoms with Crippen LogP contribution in [-0.2, 0) is 14.3 Å². The number of carbonyl (C=O) groups excluding carboxylic acids is 2. The molecule has 0 aliphatic carbocycles. The van der Waals surface area contributed by atoms with Gasteiger partial charge in [0, 0.05) is 4.91 Å². The molecule has 21 heavy (non-hydrogen) atoms. The van der Waals surface area contributed by atoms with E-state index in [4.69, 9.17) is 10.3 Å². The Morgan fingerprint density at radius 1 is 1.48 bits per heavy atom. The second-order valence-corrected chi connectivity index (χ2v) is 5.31. The summed E-state index contributed by atoms with van der Waals surface area (Å²) < 4.78 is 4.81. The number of hydrogen-bond donors (Lipinski definition) is 0. The van der Waals surface area contributed by atoms with Gasteiger partial charge in [0.1, 0.15) is 6.04 Å². The number of carbonyl (C=O) groups is 2. The van der Waals surface area contributed by atoms with Crippen LogP contribution in [0.15, 0.2) is 35.4 Å². The molecule has 1 saturated heterocycles. The minimum absolute atomic E-state index is 0.369. The lowest BCUT2D eigenvalue weighted by atomic mass is 9.98. The summed E-state index contributed by atoms with van der Waals surface area (Å²) >= 11 is 1.35. The number of hydrogen-bond acceptors (Lipinski definition) is 5. The Hall–Kier alpha value is -2.18. The number of likely N-dealkylation sites (tertiary alicyclic amines) is 1. The standard InChI is InChI=1S/C13H14N4O3S/c1-20-13(19)10(8-6-4-3-5-7-8)17-11(18)9(15-16-14)12(17)21-2/h3-7,9-10,12H,1-2H3. The van der Waals surface area contributed by atoms with Crippen LogP contribution in [0, 0.1) is 0 Å². The number of β-lactam (4-membered cyclic amide) rings is 1. The van der Waals surface area contributed by atoms with Crippen molar-refractivity contribution in [1.82, 2.24) is 4.90 Å². The van der Waals surface area contributed by atoms with Gasteiger partial charge >= 0.3 is 5.97 Å². The van der Waals surface area contributed by atoms with Gasteiger partial charge in [-0.2, -0.15) is 0 Å².